The lowest BCUT2D eigenvalue weighted by Gasteiger charge is -2.40. The SMILES string of the molecule is NC1=CCC(Nc2ccccc2)(c2ccccc2N)c2ccccc21. The van der Waals surface area contributed by atoms with Crippen LogP contribution in [0.4, 0.5) is 11.4 Å². The molecule has 0 saturated heterocycles. The van der Waals surface area contributed by atoms with E-state index < -0.39 is 5.54 Å². The summed E-state index contributed by atoms with van der Waals surface area (Å²) in [5.74, 6) is 0. The summed E-state index contributed by atoms with van der Waals surface area (Å²) in [5, 5.41) is 3.75. The van der Waals surface area contributed by atoms with E-state index in [4.69, 9.17) is 11.5 Å². The summed E-state index contributed by atoms with van der Waals surface area (Å²) in [7, 11) is 0. The van der Waals surface area contributed by atoms with Crippen LogP contribution in [0.5, 0.6) is 0 Å². The van der Waals surface area contributed by atoms with Crippen molar-refractivity contribution in [3.05, 3.63) is 102 Å². The van der Waals surface area contributed by atoms with E-state index in [-0.39, 0.29) is 0 Å². The molecule has 1 aliphatic rings. The van der Waals surface area contributed by atoms with E-state index in [2.05, 4.69) is 47.8 Å². The minimum absolute atomic E-state index is 0.452. The second kappa shape index (κ2) is 6.02. The van der Waals surface area contributed by atoms with Gasteiger partial charge in [0.05, 0.1) is 5.54 Å². The van der Waals surface area contributed by atoms with Crippen LogP contribution in [-0.2, 0) is 5.54 Å². The Labute approximate surface area is 148 Å². The van der Waals surface area contributed by atoms with Gasteiger partial charge in [0.2, 0.25) is 0 Å². The molecule has 0 radical (unpaired) electrons. The molecule has 0 fully saturated rings. The van der Waals surface area contributed by atoms with Gasteiger partial charge in [0.15, 0.2) is 0 Å². The summed E-state index contributed by atoms with van der Waals surface area (Å²) in [4.78, 5) is 0. The van der Waals surface area contributed by atoms with Gasteiger partial charge in [-0.2, -0.15) is 0 Å². The lowest BCUT2D eigenvalue weighted by Crippen LogP contribution is -2.40. The van der Waals surface area contributed by atoms with Crippen LogP contribution in [0.15, 0.2) is 84.9 Å². The predicted octanol–water partition coefficient (Wildman–Crippen LogP) is 4.33. The molecule has 5 N–H and O–H groups in total. The number of para-hydroxylation sites is 2. The molecule has 3 aromatic rings. The summed E-state index contributed by atoms with van der Waals surface area (Å²) < 4.78 is 0. The Morgan fingerprint density at radius 2 is 1.36 bits per heavy atom. The van der Waals surface area contributed by atoms with Crippen LogP contribution in [0.25, 0.3) is 5.70 Å². The van der Waals surface area contributed by atoms with Crippen molar-refractivity contribution in [1.29, 1.82) is 0 Å². The van der Waals surface area contributed by atoms with E-state index in [0.717, 1.165) is 40.2 Å². The molecule has 3 aromatic carbocycles. The van der Waals surface area contributed by atoms with Crippen molar-refractivity contribution in [3.8, 4) is 0 Å². The zero-order valence-electron chi connectivity index (χ0n) is 13.9. The lowest BCUT2D eigenvalue weighted by molar-refractivity contribution is 0.592. The second-order valence-electron chi connectivity index (χ2n) is 6.39. The number of benzene rings is 3. The first-order valence-corrected chi connectivity index (χ1v) is 8.44. The molecule has 0 saturated carbocycles. The number of nitrogens with two attached hydrogens (primary N) is 2. The molecule has 0 aliphatic heterocycles. The third-order valence-electron chi connectivity index (χ3n) is 4.88. The zero-order chi connectivity index (χ0) is 17.3. The molecule has 124 valence electrons. The first-order valence-electron chi connectivity index (χ1n) is 8.44. The van der Waals surface area contributed by atoms with Gasteiger partial charge in [0.1, 0.15) is 0 Å². The average Bonchev–Trinajstić information content (AvgIpc) is 2.66. The fraction of sp³-hybridized carbons (Fsp3) is 0.0909. The first kappa shape index (κ1) is 15.3. The smallest absolute Gasteiger partial charge is 0.0941 e. The summed E-state index contributed by atoms with van der Waals surface area (Å²) >= 11 is 0. The van der Waals surface area contributed by atoms with Crippen LogP contribution in [0.2, 0.25) is 0 Å². The van der Waals surface area contributed by atoms with Gasteiger partial charge < -0.3 is 16.8 Å². The number of hydrogen-bond donors (Lipinski definition) is 3. The molecule has 0 amide bonds. The zero-order valence-corrected chi connectivity index (χ0v) is 13.9. The van der Waals surface area contributed by atoms with Gasteiger partial charge in [0, 0.05) is 28.2 Å². The normalized spacial score (nSPS) is 19.0. The third-order valence-corrected chi connectivity index (χ3v) is 4.88. The maximum absolute atomic E-state index is 6.39. The predicted molar refractivity (Wildman–Crippen MR) is 105 cm³/mol. The quantitative estimate of drug-likeness (QED) is 0.627. The van der Waals surface area contributed by atoms with Crippen LogP contribution in [0, 0.1) is 0 Å². The largest absolute Gasteiger partial charge is 0.398 e. The highest BCUT2D eigenvalue weighted by atomic mass is 15.0. The van der Waals surface area contributed by atoms with E-state index in [9.17, 15) is 0 Å². The Kier molecular flexibility index (Phi) is 3.69. The highest BCUT2D eigenvalue weighted by Crippen LogP contribution is 2.45. The second-order valence-corrected chi connectivity index (χ2v) is 6.39. The molecular formula is C22H21N3. The number of nitrogens with one attached hydrogen (secondary N) is 1. The van der Waals surface area contributed by atoms with Gasteiger partial charge in [-0.1, -0.05) is 66.7 Å². The van der Waals surface area contributed by atoms with Crippen LogP contribution in [0.1, 0.15) is 23.1 Å². The molecule has 1 atom stereocenters. The monoisotopic (exact) mass is 327 g/mol. The molecule has 25 heavy (non-hydrogen) atoms. The maximum Gasteiger partial charge on any atom is 0.0941 e. The van der Waals surface area contributed by atoms with E-state index >= 15 is 0 Å². The minimum Gasteiger partial charge on any atom is -0.398 e. The van der Waals surface area contributed by atoms with Crippen molar-refractivity contribution >= 4 is 17.1 Å². The number of hydrogen-bond acceptors (Lipinski definition) is 3. The van der Waals surface area contributed by atoms with E-state index in [1.807, 2.05) is 42.5 Å². The molecule has 1 aliphatic carbocycles. The summed E-state index contributed by atoms with van der Waals surface area (Å²) in [6.07, 6.45) is 2.82. The van der Waals surface area contributed by atoms with Crippen LogP contribution < -0.4 is 16.8 Å². The fourth-order valence-electron chi connectivity index (χ4n) is 3.68. The molecular weight excluding hydrogens is 306 g/mol. The molecule has 0 heterocycles. The molecule has 4 rings (SSSR count). The van der Waals surface area contributed by atoms with Crippen molar-refractivity contribution in [2.75, 3.05) is 11.1 Å². The number of rotatable bonds is 3. The Bertz CT molecular complexity index is 931. The van der Waals surface area contributed by atoms with Gasteiger partial charge in [-0.15, -0.1) is 0 Å². The van der Waals surface area contributed by atoms with Crippen LogP contribution in [0.3, 0.4) is 0 Å². The highest BCUT2D eigenvalue weighted by Gasteiger charge is 2.39. The Balaban J connectivity index is 1.97. The van der Waals surface area contributed by atoms with Crippen LogP contribution in [-0.4, -0.2) is 0 Å². The van der Waals surface area contributed by atoms with Gasteiger partial charge in [-0.25, -0.2) is 0 Å². The number of fused-ring (bicyclic) bond motifs is 1. The lowest BCUT2D eigenvalue weighted by atomic mass is 9.73. The van der Waals surface area contributed by atoms with E-state index in [1.165, 1.54) is 0 Å². The molecule has 0 aromatic heterocycles. The maximum atomic E-state index is 6.39. The molecule has 0 bridgehead atoms. The van der Waals surface area contributed by atoms with Gasteiger partial charge in [-0.05, 0) is 30.2 Å². The van der Waals surface area contributed by atoms with Crippen molar-refractivity contribution < 1.29 is 0 Å². The van der Waals surface area contributed by atoms with Crippen molar-refractivity contribution in [2.45, 2.75) is 12.0 Å². The Morgan fingerprint density at radius 1 is 0.720 bits per heavy atom. The highest BCUT2D eigenvalue weighted by molar-refractivity contribution is 5.74. The fourth-order valence-corrected chi connectivity index (χ4v) is 3.68. The summed E-state index contributed by atoms with van der Waals surface area (Å²) in [6, 6.07) is 26.6. The Hall–Kier alpha value is -3.20. The number of anilines is 2. The van der Waals surface area contributed by atoms with E-state index in [0.29, 0.717) is 0 Å². The minimum atomic E-state index is -0.452. The summed E-state index contributed by atoms with van der Waals surface area (Å²) in [6.45, 7) is 0. The van der Waals surface area contributed by atoms with Gasteiger partial charge in [-0.3, -0.25) is 0 Å². The van der Waals surface area contributed by atoms with Crippen molar-refractivity contribution in [1.82, 2.24) is 0 Å². The number of nitrogen functional groups attached to an aromatic ring is 1. The standard InChI is InChI=1S/C22H21N3/c23-20-14-15-22(18-11-5-4-10-17(18)20,19-12-6-7-13-21(19)24)25-16-8-2-1-3-9-16/h1-14,25H,15,23-24H2. The van der Waals surface area contributed by atoms with Gasteiger partial charge >= 0.3 is 0 Å². The van der Waals surface area contributed by atoms with E-state index in [1.54, 1.807) is 0 Å². The molecule has 3 heteroatoms. The molecule has 3 nitrogen and oxygen atoms in total. The third kappa shape index (κ3) is 2.54. The van der Waals surface area contributed by atoms with Crippen LogP contribution >= 0.6 is 0 Å². The molecule has 1 unspecified atom stereocenters. The van der Waals surface area contributed by atoms with Gasteiger partial charge in [0.25, 0.3) is 0 Å². The average molecular weight is 327 g/mol. The topological polar surface area (TPSA) is 64.1 Å². The first-order chi connectivity index (χ1) is 12.2. The van der Waals surface area contributed by atoms with Crippen molar-refractivity contribution in [3.63, 3.8) is 0 Å². The summed E-state index contributed by atoms with van der Waals surface area (Å²) in [5.41, 5.74) is 18.1. The Morgan fingerprint density at radius 3 is 2.12 bits per heavy atom. The molecule has 0 spiro atoms. The van der Waals surface area contributed by atoms with Crippen molar-refractivity contribution in [2.24, 2.45) is 5.73 Å².